The van der Waals surface area contributed by atoms with Gasteiger partial charge in [0, 0.05) is 37.7 Å². The SMILES string of the molecule is C[C@@H](c1cnccn1)N1CCC(N)CC1. The summed E-state index contributed by atoms with van der Waals surface area (Å²) in [5, 5.41) is 0. The summed E-state index contributed by atoms with van der Waals surface area (Å²) in [4.78, 5) is 10.9. The van der Waals surface area contributed by atoms with Crippen LogP contribution in [-0.4, -0.2) is 34.0 Å². The highest BCUT2D eigenvalue weighted by Crippen LogP contribution is 2.21. The average Bonchev–Trinajstić information content (AvgIpc) is 2.30. The highest BCUT2D eigenvalue weighted by atomic mass is 15.2. The van der Waals surface area contributed by atoms with E-state index in [-0.39, 0.29) is 0 Å². The lowest BCUT2D eigenvalue weighted by Gasteiger charge is -2.34. The van der Waals surface area contributed by atoms with Gasteiger partial charge in [-0.05, 0) is 19.8 Å². The fourth-order valence-corrected chi connectivity index (χ4v) is 2.02. The van der Waals surface area contributed by atoms with Gasteiger partial charge in [0.05, 0.1) is 11.7 Å². The summed E-state index contributed by atoms with van der Waals surface area (Å²) in [7, 11) is 0. The van der Waals surface area contributed by atoms with E-state index in [0.29, 0.717) is 12.1 Å². The summed E-state index contributed by atoms with van der Waals surface area (Å²) in [5.41, 5.74) is 6.93. The highest BCUT2D eigenvalue weighted by Gasteiger charge is 2.22. The molecule has 0 unspecified atom stereocenters. The minimum atomic E-state index is 0.353. The Morgan fingerprint density at radius 3 is 2.73 bits per heavy atom. The number of hydrogen-bond acceptors (Lipinski definition) is 4. The van der Waals surface area contributed by atoms with Gasteiger partial charge in [0.25, 0.3) is 0 Å². The van der Waals surface area contributed by atoms with E-state index in [1.54, 1.807) is 12.4 Å². The zero-order chi connectivity index (χ0) is 10.7. The number of nitrogens with zero attached hydrogens (tertiary/aromatic N) is 3. The van der Waals surface area contributed by atoms with Crippen LogP contribution in [-0.2, 0) is 0 Å². The van der Waals surface area contributed by atoms with Gasteiger partial charge < -0.3 is 5.73 Å². The van der Waals surface area contributed by atoms with Crippen molar-refractivity contribution in [1.29, 1.82) is 0 Å². The molecule has 1 aliphatic rings. The molecule has 1 aromatic rings. The van der Waals surface area contributed by atoms with Gasteiger partial charge in [-0.1, -0.05) is 0 Å². The van der Waals surface area contributed by atoms with Crippen molar-refractivity contribution in [3.63, 3.8) is 0 Å². The Morgan fingerprint density at radius 2 is 2.13 bits per heavy atom. The van der Waals surface area contributed by atoms with Gasteiger partial charge in [0.1, 0.15) is 0 Å². The Kier molecular flexibility index (Phi) is 3.28. The lowest BCUT2D eigenvalue weighted by molar-refractivity contribution is 0.160. The van der Waals surface area contributed by atoms with Gasteiger partial charge in [0.2, 0.25) is 0 Å². The fraction of sp³-hybridized carbons (Fsp3) is 0.636. The molecule has 4 heteroatoms. The second-order valence-corrected chi connectivity index (χ2v) is 4.18. The van der Waals surface area contributed by atoms with E-state index in [2.05, 4.69) is 21.8 Å². The van der Waals surface area contributed by atoms with Crippen LogP contribution >= 0.6 is 0 Å². The minimum Gasteiger partial charge on any atom is -0.328 e. The Bertz CT molecular complexity index is 293. The summed E-state index contributed by atoms with van der Waals surface area (Å²) in [6.07, 6.45) is 7.48. The fourth-order valence-electron chi connectivity index (χ4n) is 2.02. The Hall–Kier alpha value is -1.00. The van der Waals surface area contributed by atoms with E-state index >= 15 is 0 Å². The molecule has 2 N–H and O–H groups in total. The smallest absolute Gasteiger partial charge is 0.0755 e. The van der Waals surface area contributed by atoms with Gasteiger partial charge >= 0.3 is 0 Å². The number of piperidine rings is 1. The zero-order valence-corrected chi connectivity index (χ0v) is 9.13. The molecule has 4 nitrogen and oxygen atoms in total. The highest BCUT2D eigenvalue weighted by molar-refractivity contribution is 5.01. The Labute approximate surface area is 90.5 Å². The lowest BCUT2D eigenvalue weighted by atomic mass is 10.0. The summed E-state index contributed by atoms with van der Waals surface area (Å²) in [6, 6.07) is 0.738. The van der Waals surface area contributed by atoms with Crippen LogP contribution in [0.25, 0.3) is 0 Å². The largest absolute Gasteiger partial charge is 0.328 e. The predicted molar refractivity (Wildman–Crippen MR) is 59.2 cm³/mol. The first-order chi connectivity index (χ1) is 7.27. The summed E-state index contributed by atoms with van der Waals surface area (Å²) < 4.78 is 0. The zero-order valence-electron chi connectivity index (χ0n) is 9.13. The normalized spacial score (nSPS) is 21.5. The van der Waals surface area contributed by atoms with Crippen molar-refractivity contribution in [2.45, 2.75) is 31.8 Å². The molecule has 0 aliphatic carbocycles. The van der Waals surface area contributed by atoms with Crippen molar-refractivity contribution in [2.24, 2.45) is 5.73 Å². The van der Waals surface area contributed by atoms with Crippen molar-refractivity contribution in [2.75, 3.05) is 13.1 Å². The first-order valence-electron chi connectivity index (χ1n) is 5.53. The maximum Gasteiger partial charge on any atom is 0.0755 e. The van der Waals surface area contributed by atoms with Crippen LogP contribution < -0.4 is 5.73 Å². The second-order valence-electron chi connectivity index (χ2n) is 4.18. The van der Waals surface area contributed by atoms with E-state index in [9.17, 15) is 0 Å². The maximum atomic E-state index is 5.88. The van der Waals surface area contributed by atoms with Crippen molar-refractivity contribution in [3.8, 4) is 0 Å². The van der Waals surface area contributed by atoms with E-state index < -0.39 is 0 Å². The van der Waals surface area contributed by atoms with Crippen molar-refractivity contribution < 1.29 is 0 Å². The van der Waals surface area contributed by atoms with Gasteiger partial charge in [0.15, 0.2) is 0 Å². The van der Waals surface area contributed by atoms with E-state index in [1.807, 2.05) is 6.20 Å². The first kappa shape index (κ1) is 10.5. The van der Waals surface area contributed by atoms with Crippen molar-refractivity contribution >= 4 is 0 Å². The Balaban J connectivity index is 1.99. The van der Waals surface area contributed by atoms with Gasteiger partial charge in [-0.15, -0.1) is 0 Å². The van der Waals surface area contributed by atoms with Crippen molar-refractivity contribution in [3.05, 3.63) is 24.3 Å². The van der Waals surface area contributed by atoms with E-state index in [4.69, 9.17) is 5.73 Å². The summed E-state index contributed by atoms with van der Waals surface area (Å²) in [5.74, 6) is 0. The number of rotatable bonds is 2. The van der Waals surface area contributed by atoms with E-state index in [1.165, 1.54) is 0 Å². The van der Waals surface area contributed by atoms with Gasteiger partial charge in [-0.3, -0.25) is 14.9 Å². The molecule has 1 aromatic heterocycles. The second kappa shape index (κ2) is 4.68. The maximum absolute atomic E-state index is 5.88. The van der Waals surface area contributed by atoms with Crippen LogP contribution in [0.15, 0.2) is 18.6 Å². The predicted octanol–water partition coefficient (Wildman–Crippen LogP) is 0.961. The molecule has 0 bridgehead atoms. The van der Waals surface area contributed by atoms with Crippen LogP contribution in [0.4, 0.5) is 0 Å². The molecular formula is C11H18N4. The van der Waals surface area contributed by atoms with Crippen molar-refractivity contribution in [1.82, 2.24) is 14.9 Å². The minimum absolute atomic E-state index is 0.353. The molecule has 1 aliphatic heterocycles. The number of likely N-dealkylation sites (tertiary alicyclic amines) is 1. The molecule has 2 rings (SSSR count). The molecule has 1 saturated heterocycles. The topological polar surface area (TPSA) is 55.0 Å². The van der Waals surface area contributed by atoms with E-state index in [0.717, 1.165) is 31.6 Å². The van der Waals surface area contributed by atoms with Crippen LogP contribution in [0.5, 0.6) is 0 Å². The monoisotopic (exact) mass is 206 g/mol. The first-order valence-corrected chi connectivity index (χ1v) is 5.53. The molecule has 0 saturated carbocycles. The Morgan fingerprint density at radius 1 is 1.40 bits per heavy atom. The molecule has 0 spiro atoms. The van der Waals surface area contributed by atoms with Crippen LogP contribution in [0.2, 0.25) is 0 Å². The molecule has 0 amide bonds. The molecule has 0 radical (unpaired) electrons. The molecule has 2 heterocycles. The standard InChI is InChI=1S/C11H18N4/c1-9(11-8-13-4-5-14-11)15-6-2-10(12)3-7-15/h4-5,8-10H,2-3,6-7,12H2,1H3/t9-/m0/s1. The molecule has 1 atom stereocenters. The third kappa shape index (κ3) is 2.52. The molecule has 15 heavy (non-hydrogen) atoms. The summed E-state index contributed by atoms with van der Waals surface area (Å²) >= 11 is 0. The van der Waals surface area contributed by atoms with Crippen LogP contribution in [0.3, 0.4) is 0 Å². The molecule has 82 valence electrons. The lowest BCUT2D eigenvalue weighted by Crippen LogP contribution is -2.41. The van der Waals surface area contributed by atoms with Gasteiger partial charge in [-0.2, -0.15) is 0 Å². The number of aromatic nitrogens is 2. The molecule has 0 aromatic carbocycles. The average molecular weight is 206 g/mol. The number of nitrogens with two attached hydrogens (primary N) is 1. The van der Waals surface area contributed by atoms with Crippen LogP contribution in [0, 0.1) is 0 Å². The summed E-state index contributed by atoms with van der Waals surface area (Å²) in [6.45, 7) is 4.32. The third-order valence-electron chi connectivity index (χ3n) is 3.13. The number of hydrogen-bond donors (Lipinski definition) is 1. The molecule has 1 fully saturated rings. The van der Waals surface area contributed by atoms with Crippen LogP contribution in [0.1, 0.15) is 31.5 Å². The quantitative estimate of drug-likeness (QED) is 0.783. The third-order valence-corrected chi connectivity index (χ3v) is 3.13. The molecular weight excluding hydrogens is 188 g/mol. The van der Waals surface area contributed by atoms with Gasteiger partial charge in [-0.25, -0.2) is 0 Å².